The largest absolute Gasteiger partial charge is 0.468 e. The van der Waals surface area contributed by atoms with E-state index in [1.807, 2.05) is 0 Å². The summed E-state index contributed by atoms with van der Waals surface area (Å²) in [4.78, 5) is 5.26. The first kappa shape index (κ1) is 42.2. The van der Waals surface area contributed by atoms with Crippen LogP contribution < -0.4 is 26.4 Å². The van der Waals surface area contributed by atoms with Gasteiger partial charge in [-0.2, -0.15) is 0 Å². The number of rotatable bonds is 2. The molecule has 0 saturated carbocycles. The lowest BCUT2D eigenvalue weighted by atomic mass is 9.35. The maximum Gasteiger partial charge on any atom is 0.297 e. The molecule has 0 fully saturated rings. The first-order valence-electron chi connectivity index (χ1n) is 24.3. The minimum absolute atomic E-state index is 0.0188. The smallest absolute Gasteiger partial charge is 0.297 e. The number of furan rings is 1. The van der Waals surface area contributed by atoms with Crippen LogP contribution in [0.2, 0.25) is 0 Å². The van der Waals surface area contributed by atoms with Crippen LogP contribution in [0.25, 0.3) is 22.1 Å². The SMILES string of the molecule is Cc1cc2c3c(c1)N1c4cc(C(C)(C)C)cc(c4)C(C)(C)C(C)(C)c4ccc5oc(c1c5c4)B3c1cc3c(cc1N2c1ccc(C(C)(C)C)cc1-c1ccccc1)C(C)(C)CCC3(C)C. The Balaban J connectivity index is 1.31. The highest BCUT2D eigenvalue weighted by Crippen LogP contribution is 2.55. The molecule has 1 aromatic heterocycles. The van der Waals surface area contributed by atoms with Crippen LogP contribution in [0.15, 0.2) is 114 Å². The minimum Gasteiger partial charge on any atom is -0.468 e. The summed E-state index contributed by atoms with van der Waals surface area (Å²) in [6.45, 7) is 35.9. The standard InChI is InChI=1S/C61H67BN2O/c1-36-27-50-53-51(28-36)64(48-23-21-38(56(2,3)4)32-43(48)37-19-17-16-18-20-37)49-35-46-45(58(8,9)25-26-59(46,10)11)34-47(49)62(53)55-54-44-33-39(22-24-52(44)65-55)60(12,13)61(14,15)41-29-40(57(5,6)7)30-42(31-41)63(50)54/h16-24,27-35H,25-26H2,1-15H3. The van der Waals surface area contributed by atoms with Gasteiger partial charge in [-0.15, -0.1) is 0 Å². The fourth-order valence-electron chi connectivity index (χ4n) is 11.9. The summed E-state index contributed by atoms with van der Waals surface area (Å²) in [6, 6.07) is 43.1. The Bertz CT molecular complexity index is 3150. The zero-order chi connectivity index (χ0) is 46.1. The summed E-state index contributed by atoms with van der Waals surface area (Å²) in [5, 5.41) is 1.19. The van der Waals surface area contributed by atoms with Gasteiger partial charge in [0.2, 0.25) is 0 Å². The van der Waals surface area contributed by atoms with E-state index >= 15 is 0 Å². The molecule has 0 amide bonds. The number of aryl methyl sites for hydroxylation is 1. The van der Waals surface area contributed by atoms with Crippen LogP contribution in [0.1, 0.15) is 149 Å². The van der Waals surface area contributed by atoms with Gasteiger partial charge >= 0.3 is 0 Å². The average molecular weight is 855 g/mol. The van der Waals surface area contributed by atoms with Gasteiger partial charge in [0.05, 0.1) is 17.0 Å². The Morgan fingerprint density at radius 3 is 1.85 bits per heavy atom. The molecule has 0 unspecified atom stereocenters. The maximum atomic E-state index is 7.48. The van der Waals surface area contributed by atoms with Crippen molar-refractivity contribution in [1.29, 1.82) is 0 Å². The third kappa shape index (κ3) is 6.00. The monoisotopic (exact) mass is 855 g/mol. The number of hydrogen-bond acceptors (Lipinski definition) is 3. The number of anilines is 6. The third-order valence-corrected chi connectivity index (χ3v) is 17.0. The lowest BCUT2D eigenvalue weighted by molar-refractivity contribution is 0.302. The van der Waals surface area contributed by atoms with Crippen molar-refractivity contribution >= 4 is 68.4 Å². The highest BCUT2D eigenvalue weighted by molar-refractivity contribution is 7.00. The Morgan fingerprint density at radius 1 is 0.554 bits per heavy atom. The molecule has 3 nitrogen and oxygen atoms in total. The van der Waals surface area contributed by atoms with Crippen molar-refractivity contribution in [3.8, 4) is 11.1 Å². The third-order valence-electron chi connectivity index (χ3n) is 17.0. The zero-order valence-electron chi connectivity index (χ0n) is 41.7. The molecular formula is C61H67BN2O. The molecule has 0 radical (unpaired) electrons. The van der Waals surface area contributed by atoms with Gasteiger partial charge in [0.1, 0.15) is 5.58 Å². The van der Waals surface area contributed by atoms with Crippen molar-refractivity contribution in [1.82, 2.24) is 0 Å². The van der Waals surface area contributed by atoms with Crippen molar-refractivity contribution in [2.75, 3.05) is 9.80 Å². The van der Waals surface area contributed by atoms with Gasteiger partial charge in [0, 0.05) is 33.7 Å². The summed E-state index contributed by atoms with van der Waals surface area (Å²) >= 11 is 0. The van der Waals surface area contributed by atoms with Crippen LogP contribution in [-0.2, 0) is 32.5 Å². The molecule has 3 aliphatic heterocycles. The summed E-state index contributed by atoms with van der Waals surface area (Å²) < 4.78 is 7.48. The molecule has 4 aliphatic rings. The molecule has 0 N–H and O–H groups in total. The van der Waals surface area contributed by atoms with Crippen molar-refractivity contribution in [2.24, 2.45) is 0 Å². The molecule has 4 heteroatoms. The van der Waals surface area contributed by atoms with Gasteiger partial charge < -0.3 is 14.2 Å². The lowest BCUT2D eigenvalue weighted by Gasteiger charge is -2.47. The van der Waals surface area contributed by atoms with E-state index in [4.69, 9.17) is 4.42 Å². The Kier molecular flexibility index (Phi) is 8.65. The fraction of sp³-hybridized carbons (Fsp3) is 0.377. The predicted octanol–water partition coefficient (Wildman–Crippen LogP) is 15.0. The van der Waals surface area contributed by atoms with Gasteiger partial charge in [0.25, 0.3) is 6.71 Å². The van der Waals surface area contributed by atoms with Gasteiger partial charge in [-0.05, 0) is 162 Å². The normalized spacial score (nSPS) is 18.4. The molecular weight excluding hydrogens is 787 g/mol. The van der Waals surface area contributed by atoms with E-state index in [2.05, 4.69) is 223 Å². The molecule has 6 aromatic carbocycles. The Morgan fingerprint density at radius 2 is 1.18 bits per heavy atom. The summed E-state index contributed by atoms with van der Waals surface area (Å²) in [5.74, 6) is 0. The van der Waals surface area contributed by atoms with Crippen LogP contribution in [0.3, 0.4) is 0 Å². The second kappa shape index (κ2) is 13.3. The highest BCUT2D eigenvalue weighted by atomic mass is 16.3. The predicted molar refractivity (Wildman–Crippen MR) is 279 cm³/mol. The van der Waals surface area contributed by atoms with Crippen molar-refractivity contribution in [3.63, 3.8) is 0 Å². The topological polar surface area (TPSA) is 19.6 Å². The van der Waals surface area contributed by atoms with Gasteiger partial charge in [0.15, 0.2) is 0 Å². The van der Waals surface area contributed by atoms with Crippen LogP contribution >= 0.6 is 0 Å². The number of nitrogens with zero attached hydrogens (tertiary/aromatic N) is 2. The average Bonchev–Trinajstić information content (AvgIpc) is 3.62. The van der Waals surface area contributed by atoms with E-state index < -0.39 is 0 Å². The summed E-state index contributed by atoms with van der Waals surface area (Å²) in [5.41, 5.74) is 23.5. The molecule has 1 aliphatic carbocycles. The van der Waals surface area contributed by atoms with Crippen molar-refractivity contribution < 1.29 is 4.42 Å². The number of benzene rings is 6. The fourth-order valence-corrected chi connectivity index (χ4v) is 11.9. The van der Waals surface area contributed by atoms with Crippen LogP contribution in [0, 0.1) is 6.92 Å². The first-order valence-corrected chi connectivity index (χ1v) is 24.3. The quantitative estimate of drug-likeness (QED) is 0.162. The molecule has 11 rings (SSSR count). The van der Waals surface area contributed by atoms with Crippen molar-refractivity contribution in [2.45, 2.75) is 149 Å². The van der Waals surface area contributed by atoms with E-state index in [-0.39, 0.29) is 39.2 Å². The molecule has 0 saturated heterocycles. The number of fused-ring (bicyclic) bond motifs is 9. The van der Waals surface area contributed by atoms with E-state index in [0.29, 0.717) is 0 Å². The van der Waals surface area contributed by atoms with Gasteiger partial charge in [-0.3, -0.25) is 0 Å². The lowest BCUT2D eigenvalue weighted by Crippen LogP contribution is -2.61. The number of hydrogen-bond donors (Lipinski definition) is 0. The molecule has 4 bridgehead atoms. The molecule has 7 aromatic rings. The second-order valence-electron chi connectivity index (χ2n) is 24.7. The second-order valence-corrected chi connectivity index (χ2v) is 24.7. The first-order chi connectivity index (χ1) is 30.4. The van der Waals surface area contributed by atoms with Gasteiger partial charge in [-0.25, -0.2) is 0 Å². The van der Waals surface area contributed by atoms with Crippen LogP contribution in [-0.4, -0.2) is 6.71 Å². The molecule has 0 atom stereocenters. The van der Waals surface area contributed by atoms with E-state index in [1.54, 1.807) is 0 Å². The van der Waals surface area contributed by atoms with E-state index in [9.17, 15) is 0 Å². The molecule has 330 valence electrons. The molecule has 4 heterocycles. The van der Waals surface area contributed by atoms with E-state index in [1.165, 1.54) is 101 Å². The van der Waals surface area contributed by atoms with Crippen LogP contribution in [0.4, 0.5) is 34.1 Å². The molecule has 0 spiro atoms. The zero-order valence-corrected chi connectivity index (χ0v) is 41.7. The Hall–Kier alpha value is -5.48. The summed E-state index contributed by atoms with van der Waals surface area (Å²) in [6.07, 6.45) is 2.30. The maximum absolute atomic E-state index is 7.48. The Labute approximate surface area is 389 Å². The minimum atomic E-state index is -0.187. The van der Waals surface area contributed by atoms with Crippen molar-refractivity contribution in [3.05, 3.63) is 148 Å². The highest BCUT2D eigenvalue weighted by Gasteiger charge is 2.50. The molecule has 65 heavy (non-hydrogen) atoms. The van der Waals surface area contributed by atoms with Gasteiger partial charge in [-0.1, -0.05) is 152 Å². The summed E-state index contributed by atoms with van der Waals surface area (Å²) in [7, 11) is 0. The van der Waals surface area contributed by atoms with Crippen LogP contribution in [0.5, 0.6) is 0 Å². The van der Waals surface area contributed by atoms with E-state index in [0.717, 1.165) is 24.1 Å².